The molecule has 8 nitrogen and oxygen atoms in total. The van der Waals surface area contributed by atoms with Gasteiger partial charge in [-0.15, -0.1) is 0 Å². The van der Waals surface area contributed by atoms with Crippen LogP contribution in [0, 0.1) is 5.41 Å². The molecule has 1 aliphatic rings. The van der Waals surface area contributed by atoms with Crippen LogP contribution < -0.4 is 4.72 Å². The number of nitrogens with one attached hydrogen (secondary N) is 1. The second-order valence-electron chi connectivity index (χ2n) is 5.44. The van der Waals surface area contributed by atoms with Gasteiger partial charge in [0.05, 0.1) is 11.5 Å². The van der Waals surface area contributed by atoms with Crippen LogP contribution in [0.1, 0.15) is 40.0 Å². The van der Waals surface area contributed by atoms with Crippen molar-refractivity contribution in [1.29, 1.82) is 0 Å². The number of aliphatic carboxylic acids is 1. The summed E-state index contributed by atoms with van der Waals surface area (Å²) in [6.45, 7) is 4.94. The smallest absolute Gasteiger partial charge is 0.422 e. The molecule has 9 heteroatoms. The molecule has 0 aliphatic carbocycles. The van der Waals surface area contributed by atoms with E-state index < -0.39 is 33.8 Å². The van der Waals surface area contributed by atoms with Crippen molar-refractivity contribution in [3.8, 4) is 0 Å². The Morgan fingerprint density at radius 3 is 2.52 bits per heavy atom. The molecule has 1 rings (SSSR count). The number of ether oxygens (including phenoxy) is 1. The zero-order chi connectivity index (χ0) is 16.3. The summed E-state index contributed by atoms with van der Waals surface area (Å²) in [6.07, 6.45) is -0.338. The SMILES string of the molecule is CCC1(C(=O)O)CCCN(S(=O)(=O)NC(=O)OC(C)C)C1. The standard InChI is InChI=1S/C12H22N2O6S/c1-4-12(10(15)16)6-5-7-14(8-12)21(18,19)13-11(17)20-9(2)3/h9H,4-8H2,1-3H3,(H,13,17)(H,15,16). The number of amides is 1. The third-order valence-corrected chi connectivity index (χ3v) is 4.98. The first-order valence-corrected chi connectivity index (χ1v) is 8.29. The summed E-state index contributed by atoms with van der Waals surface area (Å²) in [5, 5.41) is 9.34. The molecule has 1 atom stereocenters. The molecule has 1 unspecified atom stereocenters. The van der Waals surface area contributed by atoms with Gasteiger partial charge in [0.15, 0.2) is 0 Å². The molecular formula is C12H22N2O6S. The Kier molecular flexibility index (Phi) is 5.57. The zero-order valence-electron chi connectivity index (χ0n) is 12.5. The van der Waals surface area contributed by atoms with E-state index in [4.69, 9.17) is 4.74 Å². The number of nitrogens with zero attached hydrogens (tertiary/aromatic N) is 1. The van der Waals surface area contributed by atoms with Crippen molar-refractivity contribution in [2.75, 3.05) is 13.1 Å². The number of hydrogen-bond acceptors (Lipinski definition) is 5. The molecule has 1 fully saturated rings. The van der Waals surface area contributed by atoms with Gasteiger partial charge in [-0.05, 0) is 33.1 Å². The molecule has 1 aliphatic heterocycles. The van der Waals surface area contributed by atoms with Crippen LogP contribution in [0.2, 0.25) is 0 Å². The number of carboxylic acid groups (broad SMARTS) is 1. The molecule has 1 heterocycles. The van der Waals surface area contributed by atoms with Gasteiger partial charge < -0.3 is 9.84 Å². The molecule has 1 amide bonds. The Balaban J connectivity index is 2.84. The Labute approximate surface area is 124 Å². The lowest BCUT2D eigenvalue weighted by molar-refractivity contribution is -0.151. The Bertz CT molecular complexity index is 504. The number of rotatable bonds is 5. The van der Waals surface area contributed by atoms with Crippen LogP contribution in [-0.2, 0) is 19.7 Å². The van der Waals surface area contributed by atoms with E-state index in [1.54, 1.807) is 25.5 Å². The van der Waals surface area contributed by atoms with E-state index in [1.807, 2.05) is 0 Å². The van der Waals surface area contributed by atoms with Crippen LogP contribution >= 0.6 is 0 Å². The van der Waals surface area contributed by atoms with Gasteiger partial charge in [-0.25, -0.2) is 9.52 Å². The highest BCUT2D eigenvalue weighted by atomic mass is 32.2. The monoisotopic (exact) mass is 322 g/mol. The first-order chi connectivity index (χ1) is 9.63. The summed E-state index contributed by atoms with van der Waals surface area (Å²) >= 11 is 0. The summed E-state index contributed by atoms with van der Waals surface area (Å²) in [6, 6.07) is 0. The maximum Gasteiger partial charge on any atom is 0.422 e. The predicted molar refractivity (Wildman–Crippen MR) is 74.8 cm³/mol. The molecule has 1 saturated heterocycles. The highest BCUT2D eigenvalue weighted by Crippen LogP contribution is 2.34. The van der Waals surface area contributed by atoms with E-state index in [2.05, 4.69) is 0 Å². The maximum atomic E-state index is 12.1. The quantitative estimate of drug-likeness (QED) is 0.779. The minimum absolute atomic E-state index is 0.150. The van der Waals surface area contributed by atoms with E-state index in [-0.39, 0.29) is 13.1 Å². The molecule has 0 spiro atoms. The molecule has 0 saturated carbocycles. The molecule has 2 N–H and O–H groups in total. The van der Waals surface area contributed by atoms with Gasteiger partial charge in [-0.1, -0.05) is 6.92 Å². The fourth-order valence-corrected chi connectivity index (χ4v) is 3.49. The van der Waals surface area contributed by atoms with Crippen molar-refractivity contribution in [2.24, 2.45) is 5.41 Å². The van der Waals surface area contributed by atoms with Crippen LogP contribution in [-0.4, -0.2) is 49.1 Å². The second-order valence-corrected chi connectivity index (χ2v) is 7.11. The number of piperidine rings is 1. The molecule has 0 aromatic rings. The summed E-state index contributed by atoms with van der Waals surface area (Å²) < 4.78 is 31.8. The average Bonchev–Trinajstić information content (AvgIpc) is 2.36. The molecule has 0 bridgehead atoms. The van der Waals surface area contributed by atoms with Crippen molar-refractivity contribution in [3.63, 3.8) is 0 Å². The van der Waals surface area contributed by atoms with Crippen molar-refractivity contribution in [1.82, 2.24) is 9.03 Å². The second kappa shape index (κ2) is 6.61. The van der Waals surface area contributed by atoms with Crippen molar-refractivity contribution in [3.05, 3.63) is 0 Å². The third kappa shape index (κ3) is 4.31. The fraction of sp³-hybridized carbons (Fsp3) is 0.833. The largest absolute Gasteiger partial charge is 0.481 e. The zero-order valence-corrected chi connectivity index (χ0v) is 13.3. The summed E-state index contributed by atoms with van der Waals surface area (Å²) in [4.78, 5) is 22.8. The number of hydrogen-bond donors (Lipinski definition) is 2. The summed E-state index contributed by atoms with van der Waals surface area (Å²) in [7, 11) is -4.10. The highest BCUT2D eigenvalue weighted by molar-refractivity contribution is 7.87. The first kappa shape index (κ1) is 17.7. The van der Waals surface area contributed by atoms with Crippen LogP contribution in [0.25, 0.3) is 0 Å². The van der Waals surface area contributed by atoms with Crippen LogP contribution in [0.3, 0.4) is 0 Å². The number of carbonyl (C=O) groups is 2. The minimum Gasteiger partial charge on any atom is -0.481 e. The third-order valence-electron chi connectivity index (χ3n) is 3.57. The minimum atomic E-state index is -4.10. The summed E-state index contributed by atoms with van der Waals surface area (Å²) in [5.41, 5.74) is -1.10. The molecular weight excluding hydrogens is 300 g/mol. The predicted octanol–water partition coefficient (Wildman–Crippen LogP) is 0.943. The Morgan fingerprint density at radius 1 is 1.43 bits per heavy atom. The number of carbonyl (C=O) groups excluding carboxylic acids is 1. The van der Waals surface area contributed by atoms with Gasteiger partial charge in [-0.2, -0.15) is 12.7 Å². The molecule has 0 aromatic heterocycles. The van der Waals surface area contributed by atoms with Gasteiger partial charge in [0.1, 0.15) is 0 Å². The molecule has 21 heavy (non-hydrogen) atoms. The molecule has 0 aromatic carbocycles. The van der Waals surface area contributed by atoms with E-state index in [9.17, 15) is 23.1 Å². The van der Waals surface area contributed by atoms with E-state index in [0.717, 1.165) is 4.31 Å². The van der Waals surface area contributed by atoms with Crippen molar-refractivity contribution in [2.45, 2.75) is 46.1 Å². The lowest BCUT2D eigenvalue weighted by atomic mass is 9.78. The van der Waals surface area contributed by atoms with Crippen LogP contribution in [0.5, 0.6) is 0 Å². The lowest BCUT2D eigenvalue weighted by Gasteiger charge is -2.38. The molecule has 122 valence electrons. The average molecular weight is 322 g/mol. The van der Waals surface area contributed by atoms with E-state index in [0.29, 0.717) is 19.3 Å². The van der Waals surface area contributed by atoms with Gasteiger partial charge >= 0.3 is 22.3 Å². The normalized spacial score (nSPS) is 23.8. The number of carboxylic acids is 1. The van der Waals surface area contributed by atoms with Gasteiger partial charge in [0, 0.05) is 13.1 Å². The first-order valence-electron chi connectivity index (χ1n) is 6.85. The molecule has 0 radical (unpaired) electrons. The van der Waals surface area contributed by atoms with Gasteiger partial charge in [0.2, 0.25) is 0 Å². The Morgan fingerprint density at radius 2 is 2.05 bits per heavy atom. The lowest BCUT2D eigenvalue weighted by Crippen LogP contribution is -2.53. The van der Waals surface area contributed by atoms with E-state index >= 15 is 0 Å². The Hall–Kier alpha value is -1.35. The topological polar surface area (TPSA) is 113 Å². The van der Waals surface area contributed by atoms with Gasteiger partial charge in [-0.3, -0.25) is 4.79 Å². The van der Waals surface area contributed by atoms with Crippen LogP contribution in [0.15, 0.2) is 0 Å². The van der Waals surface area contributed by atoms with Crippen molar-refractivity contribution >= 4 is 22.3 Å². The van der Waals surface area contributed by atoms with E-state index in [1.165, 1.54) is 0 Å². The fourth-order valence-electron chi connectivity index (χ4n) is 2.32. The van der Waals surface area contributed by atoms with Gasteiger partial charge in [0.25, 0.3) is 0 Å². The highest BCUT2D eigenvalue weighted by Gasteiger charge is 2.44. The maximum absolute atomic E-state index is 12.1. The van der Waals surface area contributed by atoms with Crippen molar-refractivity contribution < 1.29 is 27.9 Å². The van der Waals surface area contributed by atoms with Crippen LogP contribution in [0.4, 0.5) is 4.79 Å². The summed E-state index contributed by atoms with van der Waals surface area (Å²) in [5.74, 6) is -1.02.